The molecule has 0 saturated carbocycles. The molecular formula is C19H19N5O2. The minimum atomic E-state index is -0.224. The standard InChI is InChI=1S/C19H19N5O2/c25-18(7-6-15-4-2-1-3-5-15)22-16-14-19(23-10-12-26-13-11-23)24-17(21-16)8-9-20-24/h1-9,14H,10-13H2,(H,21,22,25)/b7-6+. The highest BCUT2D eigenvalue weighted by molar-refractivity contribution is 6.01. The molecule has 1 N–H and O–H groups in total. The molecule has 7 heteroatoms. The molecule has 0 radical (unpaired) electrons. The fraction of sp³-hybridized carbons (Fsp3) is 0.211. The van der Waals surface area contributed by atoms with Crippen LogP contribution in [-0.4, -0.2) is 46.8 Å². The summed E-state index contributed by atoms with van der Waals surface area (Å²) in [4.78, 5) is 18.9. The summed E-state index contributed by atoms with van der Waals surface area (Å²) >= 11 is 0. The first-order valence-electron chi connectivity index (χ1n) is 8.51. The number of morpholine rings is 1. The number of rotatable bonds is 4. The van der Waals surface area contributed by atoms with Crippen LogP contribution in [-0.2, 0) is 9.53 Å². The summed E-state index contributed by atoms with van der Waals surface area (Å²) in [6, 6.07) is 13.4. The maximum atomic E-state index is 12.3. The maximum Gasteiger partial charge on any atom is 0.249 e. The first-order valence-corrected chi connectivity index (χ1v) is 8.51. The Kier molecular flexibility index (Phi) is 4.61. The number of nitrogens with one attached hydrogen (secondary N) is 1. The Morgan fingerprint density at radius 1 is 1.15 bits per heavy atom. The minimum Gasteiger partial charge on any atom is -0.378 e. The largest absolute Gasteiger partial charge is 0.378 e. The van der Waals surface area contributed by atoms with Crippen molar-refractivity contribution < 1.29 is 9.53 Å². The van der Waals surface area contributed by atoms with Gasteiger partial charge in [0.15, 0.2) is 5.65 Å². The van der Waals surface area contributed by atoms with Gasteiger partial charge in [-0.15, -0.1) is 0 Å². The van der Waals surface area contributed by atoms with E-state index >= 15 is 0 Å². The van der Waals surface area contributed by atoms with Crippen molar-refractivity contribution in [3.05, 3.63) is 60.3 Å². The van der Waals surface area contributed by atoms with Crippen LogP contribution < -0.4 is 10.2 Å². The Balaban J connectivity index is 1.56. The van der Waals surface area contributed by atoms with E-state index in [0.717, 1.165) is 24.5 Å². The molecule has 132 valence electrons. The molecule has 1 aromatic carbocycles. The van der Waals surface area contributed by atoms with Crippen molar-refractivity contribution in [2.45, 2.75) is 0 Å². The number of nitrogens with zero attached hydrogens (tertiary/aromatic N) is 4. The molecule has 3 aromatic rings. The van der Waals surface area contributed by atoms with E-state index in [1.165, 1.54) is 6.08 Å². The van der Waals surface area contributed by atoms with Crippen molar-refractivity contribution in [3.63, 3.8) is 0 Å². The Hall–Kier alpha value is -3.19. The summed E-state index contributed by atoms with van der Waals surface area (Å²) in [5.41, 5.74) is 1.66. The molecule has 1 saturated heterocycles. The van der Waals surface area contributed by atoms with Crippen molar-refractivity contribution in [2.75, 3.05) is 36.5 Å². The molecule has 3 heterocycles. The van der Waals surface area contributed by atoms with Crippen LogP contribution in [0.4, 0.5) is 11.6 Å². The molecule has 0 aliphatic carbocycles. The number of carbonyl (C=O) groups is 1. The number of hydrogen-bond acceptors (Lipinski definition) is 5. The zero-order valence-corrected chi connectivity index (χ0v) is 14.2. The van der Waals surface area contributed by atoms with Gasteiger partial charge in [0.1, 0.15) is 11.6 Å². The van der Waals surface area contributed by atoms with Crippen molar-refractivity contribution >= 4 is 29.3 Å². The van der Waals surface area contributed by atoms with E-state index in [0.29, 0.717) is 24.7 Å². The van der Waals surface area contributed by atoms with Gasteiger partial charge in [0.2, 0.25) is 5.91 Å². The lowest BCUT2D eigenvalue weighted by molar-refractivity contribution is -0.111. The average molecular weight is 349 g/mol. The van der Waals surface area contributed by atoms with Gasteiger partial charge in [-0.25, -0.2) is 4.98 Å². The number of hydrogen-bond donors (Lipinski definition) is 1. The van der Waals surface area contributed by atoms with E-state index in [1.807, 2.05) is 42.5 Å². The molecule has 0 spiro atoms. The van der Waals surface area contributed by atoms with E-state index in [2.05, 4.69) is 20.3 Å². The minimum absolute atomic E-state index is 0.224. The molecular weight excluding hydrogens is 330 g/mol. The predicted molar refractivity (Wildman–Crippen MR) is 100 cm³/mol. The maximum absolute atomic E-state index is 12.3. The highest BCUT2D eigenvalue weighted by Gasteiger charge is 2.17. The summed E-state index contributed by atoms with van der Waals surface area (Å²) in [6.07, 6.45) is 4.98. The van der Waals surface area contributed by atoms with Crippen LogP contribution in [0.5, 0.6) is 0 Å². The third kappa shape index (κ3) is 3.57. The van der Waals surface area contributed by atoms with E-state index in [-0.39, 0.29) is 5.91 Å². The number of fused-ring (bicyclic) bond motifs is 1. The first kappa shape index (κ1) is 16.3. The van der Waals surface area contributed by atoms with Crippen LogP contribution in [0.2, 0.25) is 0 Å². The van der Waals surface area contributed by atoms with E-state index < -0.39 is 0 Å². The van der Waals surface area contributed by atoms with Crippen LogP contribution >= 0.6 is 0 Å². The summed E-state index contributed by atoms with van der Waals surface area (Å²) in [5, 5.41) is 7.17. The van der Waals surface area contributed by atoms with Gasteiger partial charge in [-0.3, -0.25) is 4.79 Å². The molecule has 1 amide bonds. The topological polar surface area (TPSA) is 71.8 Å². The van der Waals surface area contributed by atoms with Crippen LogP contribution in [0.3, 0.4) is 0 Å². The van der Waals surface area contributed by atoms with Gasteiger partial charge in [0.25, 0.3) is 0 Å². The summed E-state index contributed by atoms with van der Waals surface area (Å²) < 4.78 is 7.20. The van der Waals surface area contributed by atoms with E-state index in [4.69, 9.17) is 4.74 Å². The highest BCUT2D eigenvalue weighted by atomic mass is 16.5. The third-order valence-electron chi connectivity index (χ3n) is 4.15. The Labute approximate surface area is 150 Å². The molecule has 26 heavy (non-hydrogen) atoms. The summed E-state index contributed by atoms with van der Waals surface area (Å²) in [6.45, 7) is 2.90. The van der Waals surface area contributed by atoms with Gasteiger partial charge < -0.3 is 15.0 Å². The van der Waals surface area contributed by atoms with E-state index in [9.17, 15) is 4.79 Å². The summed E-state index contributed by atoms with van der Waals surface area (Å²) in [5.74, 6) is 1.17. The zero-order valence-electron chi connectivity index (χ0n) is 14.2. The van der Waals surface area contributed by atoms with Crippen molar-refractivity contribution in [2.24, 2.45) is 0 Å². The van der Waals surface area contributed by atoms with Gasteiger partial charge >= 0.3 is 0 Å². The van der Waals surface area contributed by atoms with Gasteiger partial charge in [0, 0.05) is 31.3 Å². The van der Waals surface area contributed by atoms with Gasteiger partial charge in [-0.05, 0) is 11.6 Å². The lowest BCUT2D eigenvalue weighted by Gasteiger charge is -2.29. The molecule has 0 unspecified atom stereocenters. The van der Waals surface area contributed by atoms with Crippen LogP contribution in [0.25, 0.3) is 11.7 Å². The number of anilines is 2. The zero-order chi connectivity index (χ0) is 17.8. The second-order valence-electron chi connectivity index (χ2n) is 5.93. The van der Waals surface area contributed by atoms with Crippen LogP contribution in [0.15, 0.2) is 54.7 Å². The Bertz CT molecular complexity index is 930. The van der Waals surface area contributed by atoms with Gasteiger partial charge in [-0.2, -0.15) is 9.61 Å². The Morgan fingerprint density at radius 3 is 2.77 bits per heavy atom. The molecule has 4 rings (SSSR count). The van der Waals surface area contributed by atoms with Gasteiger partial charge in [-0.1, -0.05) is 30.3 Å². The molecule has 1 aliphatic rings. The van der Waals surface area contributed by atoms with Crippen molar-refractivity contribution in [3.8, 4) is 0 Å². The Morgan fingerprint density at radius 2 is 1.96 bits per heavy atom. The lowest BCUT2D eigenvalue weighted by Crippen LogP contribution is -2.37. The van der Waals surface area contributed by atoms with Crippen LogP contribution in [0, 0.1) is 0 Å². The van der Waals surface area contributed by atoms with Crippen molar-refractivity contribution in [1.82, 2.24) is 14.6 Å². The fourth-order valence-electron chi connectivity index (χ4n) is 2.88. The quantitative estimate of drug-likeness (QED) is 0.731. The number of benzene rings is 1. The van der Waals surface area contributed by atoms with Crippen molar-refractivity contribution in [1.29, 1.82) is 0 Å². The molecule has 0 bridgehead atoms. The predicted octanol–water partition coefficient (Wildman–Crippen LogP) is 2.22. The molecule has 1 fully saturated rings. The molecule has 0 atom stereocenters. The first-order chi connectivity index (χ1) is 12.8. The molecule has 7 nitrogen and oxygen atoms in total. The second kappa shape index (κ2) is 7.37. The fourth-order valence-corrected chi connectivity index (χ4v) is 2.88. The monoisotopic (exact) mass is 349 g/mol. The van der Waals surface area contributed by atoms with Gasteiger partial charge in [0.05, 0.1) is 19.4 Å². The second-order valence-corrected chi connectivity index (χ2v) is 5.93. The van der Waals surface area contributed by atoms with Crippen LogP contribution in [0.1, 0.15) is 5.56 Å². The third-order valence-corrected chi connectivity index (χ3v) is 4.15. The summed E-state index contributed by atoms with van der Waals surface area (Å²) in [7, 11) is 0. The highest BCUT2D eigenvalue weighted by Crippen LogP contribution is 2.21. The molecule has 1 aliphatic heterocycles. The SMILES string of the molecule is O=C(/C=C/c1ccccc1)Nc1cc(N2CCOCC2)n2nccc2n1. The number of aromatic nitrogens is 3. The number of carbonyl (C=O) groups excluding carboxylic acids is 1. The smallest absolute Gasteiger partial charge is 0.249 e. The molecule has 2 aromatic heterocycles. The number of ether oxygens (including phenoxy) is 1. The number of amides is 1. The average Bonchev–Trinajstić information content (AvgIpc) is 3.16. The lowest BCUT2D eigenvalue weighted by atomic mass is 10.2. The normalized spacial score (nSPS) is 14.8. The van der Waals surface area contributed by atoms with E-state index in [1.54, 1.807) is 16.8 Å².